The fourth-order valence-corrected chi connectivity index (χ4v) is 1.15. The molecule has 1 amide bonds. The van der Waals surface area contributed by atoms with Gasteiger partial charge in [-0.1, -0.05) is 19.3 Å². The molecule has 0 aliphatic carbocycles. The van der Waals surface area contributed by atoms with Gasteiger partial charge in [0, 0.05) is 6.54 Å². The van der Waals surface area contributed by atoms with Crippen molar-refractivity contribution in [2.75, 3.05) is 12.3 Å². The lowest BCUT2D eigenvalue weighted by Crippen LogP contribution is -2.11. The third kappa shape index (κ3) is 9.82. The number of amides is 1. The van der Waals surface area contributed by atoms with E-state index in [9.17, 15) is 4.79 Å². The van der Waals surface area contributed by atoms with E-state index in [-0.39, 0.29) is 0 Å². The van der Waals surface area contributed by atoms with Crippen molar-refractivity contribution in [1.29, 1.82) is 0 Å². The average Bonchev–Trinajstić information content (AvgIpc) is 2.03. The van der Waals surface area contributed by atoms with Crippen LogP contribution in [-0.2, 0) is 4.79 Å². The van der Waals surface area contributed by atoms with Crippen LogP contribution in [0.25, 0.3) is 0 Å². The van der Waals surface area contributed by atoms with Crippen molar-refractivity contribution in [2.45, 2.75) is 32.1 Å². The lowest BCUT2D eigenvalue weighted by atomic mass is 10.1. The molecule has 0 radical (unpaired) electrons. The zero-order chi connectivity index (χ0) is 8.36. The van der Waals surface area contributed by atoms with Crippen LogP contribution in [0.15, 0.2) is 0 Å². The van der Waals surface area contributed by atoms with Gasteiger partial charge in [-0.3, -0.25) is 4.79 Å². The second-order valence-electron chi connectivity index (χ2n) is 2.56. The summed E-state index contributed by atoms with van der Waals surface area (Å²) >= 11 is 4.12. The SMILES string of the molecule is O=CNCCCCCCCS. The minimum absolute atomic E-state index is 0.758. The minimum atomic E-state index is 0.758. The molecule has 0 fully saturated rings. The number of nitrogens with one attached hydrogen (secondary N) is 1. The number of carbonyl (C=O) groups excluding carboxylic acids is 1. The molecule has 0 aliphatic rings. The maximum atomic E-state index is 9.82. The normalized spacial score (nSPS) is 9.55. The first-order valence-corrected chi connectivity index (χ1v) is 4.83. The van der Waals surface area contributed by atoms with E-state index in [4.69, 9.17) is 0 Å². The molecule has 0 aromatic rings. The summed E-state index contributed by atoms with van der Waals surface area (Å²) in [6.45, 7) is 0.824. The molecule has 1 N–H and O–H groups in total. The number of rotatable bonds is 8. The molecule has 11 heavy (non-hydrogen) atoms. The Morgan fingerprint density at radius 2 is 1.73 bits per heavy atom. The molecule has 0 atom stereocenters. The van der Waals surface area contributed by atoms with Gasteiger partial charge in [-0.05, 0) is 18.6 Å². The van der Waals surface area contributed by atoms with Crippen LogP contribution in [0.4, 0.5) is 0 Å². The van der Waals surface area contributed by atoms with Crippen LogP contribution in [0.5, 0.6) is 0 Å². The van der Waals surface area contributed by atoms with Crippen LogP contribution in [0.1, 0.15) is 32.1 Å². The van der Waals surface area contributed by atoms with Gasteiger partial charge in [0.2, 0.25) is 6.41 Å². The molecule has 0 spiro atoms. The predicted molar refractivity (Wildman–Crippen MR) is 51.0 cm³/mol. The third-order valence-corrected chi connectivity index (χ3v) is 1.88. The van der Waals surface area contributed by atoms with Crippen molar-refractivity contribution in [3.05, 3.63) is 0 Å². The van der Waals surface area contributed by atoms with Crippen molar-refractivity contribution in [2.24, 2.45) is 0 Å². The lowest BCUT2D eigenvalue weighted by Gasteiger charge is -1.98. The standard InChI is InChI=1S/C8H17NOS/c10-8-9-6-4-2-1-3-5-7-11/h8,11H,1-7H2,(H,9,10). The van der Waals surface area contributed by atoms with Gasteiger partial charge in [-0.2, -0.15) is 12.6 Å². The number of carbonyl (C=O) groups is 1. The van der Waals surface area contributed by atoms with Gasteiger partial charge in [-0.25, -0.2) is 0 Å². The number of hydrogen-bond acceptors (Lipinski definition) is 2. The summed E-state index contributed by atoms with van der Waals surface area (Å²) in [6.07, 6.45) is 6.82. The summed E-state index contributed by atoms with van der Waals surface area (Å²) in [4.78, 5) is 9.82. The number of unbranched alkanes of at least 4 members (excludes halogenated alkanes) is 4. The molecule has 3 heteroatoms. The van der Waals surface area contributed by atoms with Crippen molar-refractivity contribution in [3.8, 4) is 0 Å². The minimum Gasteiger partial charge on any atom is -0.359 e. The van der Waals surface area contributed by atoms with Crippen molar-refractivity contribution in [1.82, 2.24) is 5.32 Å². The third-order valence-electron chi connectivity index (χ3n) is 1.56. The van der Waals surface area contributed by atoms with E-state index in [1.165, 1.54) is 25.7 Å². The largest absolute Gasteiger partial charge is 0.359 e. The van der Waals surface area contributed by atoms with Gasteiger partial charge >= 0.3 is 0 Å². The van der Waals surface area contributed by atoms with Crippen LogP contribution in [-0.4, -0.2) is 18.7 Å². The monoisotopic (exact) mass is 175 g/mol. The van der Waals surface area contributed by atoms with E-state index < -0.39 is 0 Å². The Morgan fingerprint density at radius 1 is 1.09 bits per heavy atom. The fraction of sp³-hybridized carbons (Fsp3) is 0.875. The molecule has 2 nitrogen and oxygen atoms in total. The summed E-state index contributed by atoms with van der Waals surface area (Å²) < 4.78 is 0. The zero-order valence-corrected chi connectivity index (χ0v) is 7.78. The molecular weight excluding hydrogens is 158 g/mol. The highest BCUT2D eigenvalue weighted by Gasteiger charge is 1.88. The summed E-state index contributed by atoms with van der Waals surface area (Å²) in [5, 5.41) is 2.64. The Bertz CT molecular complexity index is 88.2. The van der Waals surface area contributed by atoms with Gasteiger partial charge in [-0.15, -0.1) is 0 Å². The predicted octanol–water partition coefficient (Wildman–Crippen LogP) is 1.61. The highest BCUT2D eigenvalue weighted by atomic mass is 32.1. The molecule has 0 heterocycles. The van der Waals surface area contributed by atoms with E-state index >= 15 is 0 Å². The molecule has 0 saturated carbocycles. The van der Waals surface area contributed by atoms with Gasteiger partial charge in [0.25, 0.3) is 0 Å². The number of thiol groups is 1. The molecule has 0 aliphatic heterocycles. The zero-order valence-electron chi connectivity index (χ0n) is 6.88. The number of hydrogen-bond donors (Lipinski definition) is 2. The molecule has 0 aromatic carbocycles. The van der Waals surface area contributed by atoms with Gasteiger partial charge in [0.1, 0.15) is 0 Å². The molecule has 0 aromatic heterocycles. The summed E-state index contributed by atoms with van der Waals surface area (Å²) in [6, 6.07) is 0. The molecule has 0 unspecified atom stereocenters. The Hall–Kier alpha value is -0.180. The van der Waals surface area contributed by atoms with Crippen molar-refractivity contribution < 1.29 is 4.79 Å². The van der Waals surface area contributed by atoms with E-state index in [0.717, 1.165) is 25.1 Å². The first-order chi connectivity index (χ1) is 5.41. The summed E-state index contributed by atoms with van der Waals surface area (Å²) in [5.41, 5.74) is 0. The van der Waals surface area contributed by atoms with E-state index in [2.05, 4.69) is 17.9 Å². The van der Waals surface area contributed by atoms with Crippen LogP contribution >= 0.6 is 12.6 Å². The van der Waals surface area contributed by atoms with Crippen LogP contribution in [0.2, 0.25) is 0 Å². The van der Waals surface area contributed by atoms with Gasteiger partial charge < -0.3 is 5.32 Å². The summed E-state index contributed by atoms with van der Waals surface area (Å²) in [7, 11) is 0. The summed E-state index contributed by atoms with van der Waals surface area (Å²) in [5.74, 6) is 0.993. The van der Waals surface area contributed by atoms with Crippen LogP contribution < -0.4 is 5.32 Å². The Balaban J connectivity index is 2.74. The maximum absolute atomic E-state index is 9.82. The van der Waals surface area contributed by atoms with Gasteiger partial charge in [0.15, 0.2) is 0 Å². The quantitative estimate of drug-likeness (QED) is 0.327. The van der Waals surface area contributed by atoms with E-state index in [0.29, 0.717) is 0 Å². The smallest absolute Gasteiger partial charge is 0.207 e. The Morgan fingerprint density at radius 3 is 2.36 bits per heavy atom. The second-order valence-corrected chi connectivity index (χ2v) is 3.01. The molecule has 0 saturated heterocycles. The highest BCUT2D eigenvalue weighted by Crippen LogP contribution is 2.02. The molecule has 0 rings (SSSR count). The first-order valence-electron chi connectivity index (χ1n) is 4.19. The molecular formula is C8H17NOS. The topological polar surface area (TPSA) is 29.1 Å². The fourth-order valence-electron chi connectivity index (χ4n) is 0.928. The van der Waals surface area contributed by atoms with Gasteiger partial charge in [0.05, 0.1) is 0 Å². The maximum Gasteiger partial charge on any atom is 0.207 e. The van der Waals surface area contributed by atoms with Crippen LogP contribution in [0, 0.1) is 0 Å². The molecule has 66 valence electrons. The van der Waals surface area contributed by atoms with Crippen molar-refractivity contribution in [3.63, 3.8) is 0 Å². The first kappa shape index (κ1) is 10.8. The van der Waals surface area contributed by atoms with E-state index in [1.807, 2.05) is 0 Å². The van der Waals surface area contributed by atoms with E-state index in [1.54, 1.807) is 0 Å². The van der Waals surface area contributed by atoms with Crippen LogP contribution in [0.3, 0.4) is 0 Å². The lowest BCUT2D eigenvalue weighted by molar-refractivity contribution is -0.109. The second kappa shape index (κ2) is 9.82. The average molecular weight is 175 g/mol. The Labute approximate surface area is 74.2 Å². The highest BCUT2D eigenvalue weighted by molar-refractivity contribution is 7.80. The Kier molecular flexibility index (Phi) is 9.66. The molecule has 0 bridgehead atoms. The van der Waals surface area contributed by atoms with Crippen molar-refractivity contribution >= 4 is 19.0 Å².